The van der Waals surface area contributed by atoms with Gasteiger partial charge in [-0.15, -0.1) is 12.6 Å². The van der Waals surface area contributed by atoms with E-state index in [4.69, 9.17) is 0 Å². The van der Waals surface area contributed by atoms with Crippen molar-refractivity contribution in [2.75, 3.05) is 0 Å². The molecule has 2 heteroatoms. The van der Waals surface area contributed by atoms with Crippen LogP contribution in [0.3, 0.4) is 0 Å². The number of benzene rings is 2. The largest absolute Gasteiger partial charge is 0.381 e. The van der Waals surface area contributed by atoms with Crippen molar-refractivity contribution in [3.05, 3.63) is 65.2 Å². The van der Waals surface area contributed by atoms with Crippen LogP contribution in [0.25, 0.3) is 0 Å². The molecule has 0 spiro atoms. The van der Waals surface area contributed by atoms with Crippen molar-refractivity contribution in [2.24, 2.45) is 0 Å². The van der Waals surface area contributed by atoms with E-state index in [9.17, 15) is 5.11 Å². The van der Waals surface area contributed by atoms with Crippen LogP contribution in [0, 0.1) is 6.92 Å². The molecule has 2 aromatic rings. The molecule has 1 atom stereocenters. The summed E-state index contributed by atoms with van der Waals surface area (Å²) in [7, 11) is 0. The lowest BCUT2D eigenvalue weighted by Gasteiger charge is -2.25. The Labute approximate surface area is 121 Å². The van der Waals surface area contributed by atoms with Gasteiger partial charge < -0.3 is 5.11 Å². The SMILES string of the molecule is CC.Cc1cccc(C(C)(O)c2cccc(S)c2)c1. The van der Waals surface area contributed by atoms with Gasteiger partial charge in [-0.3, -0.25) is 0 Å². The third-order valence-corrected chi connectivity index (χ3v) is 3.27. The molecule has 0 aliphatic rings. The van der Waals surface area contributed by atoms with Crippen molar-refractivity contribution in [1.82, 2.24) is 0 Å². The fourth-order valence-electron chi connectivity index (χ4n) is 1.92. The molecular weight excluding hydrogens is 252 g/mol. The van der Waals surface area contributed by atoms with E-state index in [0.29, 0.717) is 0 Å². The summed E-state index contributed by atoms with van der Waals surface area (Å²) in [6.45, 7) is 7.83. The Hall–Kier alpha value is -1.25. The third-order valence-electron chi connectivity index (χ3n) is 2.99. The number of aliphatic hydroxyl groups is 1. The maximum absolute atomic E-state index is 10.7. The fraction of sp³-hybridized carbons (Fsp3) is 0.294. The summed E-state index contributed by atoms with van der Waals surface area (Å²) in [6.07, 6.45) is 0. The van der Waals surface area contributed by atoms with E-state index < -0.39 is 5.60 Å². The molecule has 1 N–H and O–H groups in total. The van der Waals surface area contributed by atoms with Crippen molar-refractivity contribution in [2.45, 2.75) is 38.2 Å². The second kappa shape index (κ2) is 6.78. The average molecular weight is 274 g/mol. The lowest BCUT2D eigenvalue weighted by molar-refractivity contribution is 0.102. The van der Waals surface area contributed by atoms with E-state index in [0.717, 1.165) is 21.6 Å². The van der Waals surface area contributed by atoms with Gasteiger partial charge in [-0.2, -0.15) is 0 Å². The molecule has 2 aromatic carbocycles. The van der Waals surface area contributed by atoms with Crippen LogP contribution < -0.4 is 0 Å². The van der Waals surface area contributed by atoms with Gasteiger partial charge in [0.15, 0.2) is 0 Å². The monoisotopic (exact) mass is 274 g/mol. The normalized spacial score (nSPS) is 13.2. The number of hydrogen-bond donors (Lipinski definition) is 2. The Kier molecular flexibility index (Phi) is 5.64. The molecule has 0 aliphatic carbocycles. The summed E-state index contributed by atoms with van der Waals surface area (Å²) in [5.74, 6) is 0. The topological polar surface area (TPSA) is 20.2 Å². The second-order valence-electron chi connectivity index (χ2n) is 4.49. The molecule has 0 saturated heterocycles. The van der Waals surface area contributed by atoms with E-state index in [-0.39, 0.29) is 0 Å². The molecular formula is C17H22OS. The van der Waals surface area contributed by atoms with Gasteiger partial charge in [0.25, 0.3) is 0 Å². The van der Waals surface area contributed by atoms with Crippen LogP contribution >= 0.6 is 12.6 Å². The summed E-state index contributed by atoms with van der Waals surface area (Å²) in [5.41, 5.74) is 1.92. The van der Waals surface area contributed by atoms with Crippen LogP contribution in [0.1, 0.15) is 37.5 Å². The molecule has 2 rings (SSSR count). The van der Waals surface area contributed by atoms with Gasteiger partial charge >= 0.3 is 0 Å². The quantitative estimate of drug-likeness (QED) is 0.769. The zero-order chi connectivity index (χ0) is 14.5. The minimum atomic E-state index is -0.981. The molecule has 19 heavy (non-hydrogen) atoms. The van der Waals surface area contributed by atoms with Crippen molar-refractivity contribution in [1.29, 1.82) is 0 Å². The predicted octanol–water partition coefficient (Wildman–Crippen LogP) is 4.57. The van der Waals surface area contributed by atoms with Crippen LogP contribution in [0.2, 0.25) is 0 Å². The van der Waals surface area contributed by atoms with E-state index in [1.807, 2.05) is 76.2 Å². The zero-order valence-corrected chi connectivity index (χ0v) is 12.9. The zero-order valence-electron chi connectivity index (χ0n) is 12.0. The number of hydrogen-bond acceptors (Lipinski definition) is 2. The first-order valence-corrected chi connectivity index (χ1v) is 7.04. The Morgan fingerprint density at radius 3 is 2.00 bits per heavy atom. The Bertz CT molecular complexity index is 485. The highest BCUT2D eigenvalue weighted by molar-refractivity contribution is 7.80. The lowest BCUT2D eigenvalue weighted by atomic mass is 9.87. The van der Waals surface area contributed by atoms with Gasteiger partial charge in [-0.05, 0) is 37.1 Å². The van der Waals surface area contributed by atoms with Gasteiger partial charge in [0.2, 0.25) is 0 Å². The molecule has 0 fully saturated rings. The first kappa shape index (κ1) is 15.8. The minimum Gasteiger partial charge on any atom is -0.381 e. The van der Waals surface area contributed by atoms with E-state index in [2.05, 4.69) is 12.6 Å². The van der Waals surface area contributed by atoms with Crippen molar-refractivity contribution < 1.29 is 5.11 Å². The molecule has 0 bridgehead atoms. The fourth-order valence-corrected chi connectivity index (χ4v) is 2.15. The van der Waals surface area contributed by atoms with Gasteiger partial charge in [0, 0.05) is 4.90 Å². The number of thiol groups is 1. The van der Waals surface area contributed by atoms with Crippen molar-refractivity contribution >= 4 is 12.6 Å². The molecule has 0 aliphatic heterocycles. The molecule has 0 saturated carbocycles. The second-order valence-corrected chi connectivity index (χ2v) is 5.01. The number of rotatable bonds is 2. The van der Waals surface area contributed by atoms with Crippen LogP contribution in [0.5, 0.6) is 0 Å². The number of aryl methyl sites for hydroxylation is 1. The van der Waals surface area contributed by atoms with E-state index in [1.165, 1.54) is 0 Å². The minimum absolute atomic E-state index is 0.857. The lowest BCUT2D eigenvalue weighted by Crippen LogP contribution is -2.22. The van der Waals surface area contributed by atoms with Crippen LogP contribution in [-0.2, 0) is 5.60 Å². The molecule has 0 aromatic heterocycles. The molecule has 0 amide bonds. The average Bonchev–Trinajstić information content (AvgIpc) is 2.41. The Balaban J connectivity index is 0.000000861. The highest BCUT2D eigenvalue weighted by Crippen LogP contribution is 2.30. The summed E-state index contributed by atoms with van der Waals surface area (Å²) in [4.78, 5) is 0.857. The van der Waals surface area contributed by atoms with Crippen molar-refractivity contribution in [3.63, 3.8) is 0 Å². The molecule has 0 heterocycles. The van der Waals surface area contributed by atoms with Crippen LogP contribution in [0.4, 0.5) is 0 Å². The molecule has 102 valence electrons. The van der Waals surface area contributed by atoms with E-state index in [1.54, 1.807) is 0 Å². The third kappa shape index (κ3) is 3.85. The molecule has 0 radical (unpaired) electrons. The first-order chi connectivity index (χ1) is 9.00. The highest BCUT2D eigenvalue weighted by Gasteiger charge is 2.25. The summed E-state index contributed by atoms with van der Waals surface area (Å²) in [6, 6.07) is 15.6. The summed E-state index contributed by atoms with van der Waals surface area (Å²) < 4.78 is 0. The first-order valence-electron chi connectivity index (χ1n) is 6.59. The highest BCUT2D eigenvalue weighted by atomic mass is 32.1. The van der Waals surface area contributed by atoms with E-state index >= 15 is 0 Å². The molecule has 1 nitrogen and oxygen atoms in total. The smallest absolute Gasteiger partial charge is 0.112 e. The Morgan fingerprint density at radius 1 is 0.947 bits per heavy atom. The predicted molar refractivity (Wildman–Crippen MR) is 84.9 cm³/mol. The maximum Gasteiger partial charge on any atom is 0.112 e. The van der Waals surface area contributed by atoms with Gasteiger partial charge in [0.1, 0.15) is 5.60 Å². The summed E-state index contributed by atoms with van der Waals surface area (Å²) in [5, 5.41) is 10.7. The molecule has 1 unspecified atom stereocenters. The maximum atomic E-state index is 10.7. The van der Waals surface area contributed by atoms with Gasteiger partial charge in [-0.25, -0.2) is 0 Å². The van der Waals surface area contributed by atoms with Crippen LogP contribution in [-0.4, -0.2) is 5.11 Å². The summed E-state index contributed by atoms with van der Waals surface area (Å²) >= 11 is 4.31. The van der Waals surface area contributed by atoms with Gasteiger partial charge in [0.05, 0.1) is 0 Å². The van der Waals surface area contributed by atoms with Crippen molar-refractivity contribution in [3.8, 4) is 0 Å². The van der Waals surface area contributed by atoms with Crippen LogP contribution in [0.15, 0.2) is 53.4 Å². The Morgan fingerprint density at radius 2 is 1.47 bits per heavy atom. The van der Waals surface area contributed by atoms with Gasteiger partial charge in [-0.1, -0.05) is 55.8 Å². The standard InChI is InChI=1S/C15H16OS.C2H6/c1-11-5-3-6-12(9-11)15(2,16)13-7-4-8-14(17)10-13;1-2/h3-10,16-17H,1-2H3;1-2H3.